The van der Waals surface area contributed by atoms with Crippen LogP contribution < -0.4 is 5.19 Å². The molecule has 0 spiro atoms. The molecule has 0 nitrogen and oxygen atoms in total. The van der Waals surface area contributed by atoms with Crippen molar-refractivity contribution in [1.82, 2.24) is 0 Å². The van der Waals surface area contributed by atoms with Crippen LogP contribution in [0.2, 0.25) is 19.6 Å². The molecule has 12 heavy (non-hydrogen) atoms. The van der Waals surface area contributed by atoms with Crippen LogP contribution in [0.25, 0.3) is 0 Å². The average Bonchev–Trinajstić information content (AvgIpc) is 1.83. The highest BCUT2D eigenvalue weighted by atomic mass is 79.9. The molecule has 1 aromatic carbocycles. The molecule has 0 saturated heterocycles. The fourth-order valence-electron chi connectivity index (χ4n) is 1.10. The Morgan fingerprint density at radius 1 is 1.25 bits per heavy atom. The Morgan fingerprint density at radius 3 is 2.25 bits per heavy atom. The van der Waals surface area contributed by atoms with Gasteiger partial charge in [-0.05, 0) is 17.3 Å². The van der Waals surface area contributed by atoms with E-state index in [1.54, 1.807) is 0 Å². The van der Waals surface area contributed by atoms with Gasteiger partial charge in [-0.3, -0.25) is 0 Å². The van der Waals surface area contributed by atoms with Crippen LogP contribution in [0.4, 0.5) is 4.39 Å². The molecule has 0 saturated carbocycles. The van der Waals surface area contributed by atoms with Gasteiger partial charge in [-0.25, -0.2) is 4.39 Å². The smallest absolute Gasteiger partial charge is 0.123 e. The maximum atomic E-state index is 13.4. The van der Waals surface area contributed by atoms with Crippen molar-refractivity contribution < 1.29 is 4.39 Å². The fourth-order valence-corrected chi connectivity index (χ4v) is 2.80. The number of hydrogen-bond acceptors (Lipinski definition) is 0. The summed E-state index contributed by atoms with van der Waals surface area (Å²) in [4.78, 5) is 0. The number of benzene rings is 1. The van der Waals surface area contributed by atoms with Crippen LogP contribution in [0.3, 0.4) is 0 Å². The molecular formula is C9H12BrFSi. The maximum absolute atomic E-state index is 13.4. The third-order valence-electron chi connectivity index (χ3n) is 1.74. The van der Waals surface area contributed by atoms with Gasteiger partial charge in [0, 0.05) is 4.47 Å². The molecule has 1 aromatic rings. The van der Waals surface area contributed by atoms with Gasteiger partial charge >= 0.3 is 0 Å². The van der Waals surface area contributed by atoms with Crippen LogP contribution in [0.1, 0.15) is 0 Å². The van der Waals surface area contributed by atoms with Crippen molar-refractivity contribution in [3.63, 3.8) is 0 Å². The first-order chi connectivity index (χ1) is 5.41. The van der Waals surface area contributed by atoms with Gasteiger partial charge in [-0.2, -0.15) is 0 Å². The zero-order chi connectivity index (χ0) is 9.35. The van der Waals surface area contributed by atoms with E-state index >= 15 is 0 Å². The number of halogens is 2. The van der Waals surface area contributed by atoms with E-state index in [0.29, 0.717) is 0 Å². The summed E-state index contributed by atoms with van der Waals surface area (Å²) >= 11 is 3.24. The largest absolute Gasteiger partial charge is 0.207 e. The lowest BCUT2D eigenvalue weighted by Crippen LogP contribution is -2.39. The monoisotopic (exact) mass is 246 g/mol. The Kier molecular flexibility index (Phi) is 2.73. The zero-order valence-electron chi connectivity index (χ0n) is 7.49. The molecule has 0 aliphatic rings. The van der Waals surface area contributed by atoms with Gasteiger partial charge in [0.15, 0.2) is 0 Å². The minimum absolute atomic E-state index is 0.0801. The van der Waals surface area contributed by atoms with E-state index in [0.717, 1.165) is 9.66 Å². The van der Waals surface area contributed by atoms with Gasteiger partial charge in [0.2, 0.25) is 0 Å². The summed E-state index contributed by atoms with van der Waals surface area (Å²) in [6.07, 6.45) is 0. The highest BCUT2D eigenvalue weighted by Gasteiger charge is 2.20. The molecule has 0 radical (unpaired) electrons. The second kappa shape index (κ2) is 3.30. The minimum atomic E-state index is -1.50. The fraction of sp³-hybridized carbons (Fsp3) is 0.333. The molecule has 0 aliphatic heterocycles. The Morgan fingerprint density at radius 2 is 1.83 bits per heavy atom. The Bertz CT molecular complexity index is 291. The lowest BCUT2D eigenvalue weighted by molar-refractivity contribution is 0.634. The van der Waals surface area contributed by atoms with Crippen LogP contribution in [-0.4, -0.2) is 8.07 Å². The van der Waals surface area contributed by atoms with Crippen molar-refractivity contribution in [2.24, 2.45) is 0 Å². The topological polar surface area (TPSA) is 0 Å². The van der Waals surface area contributed by atoms with Gasteiger partial charge in [0.05, 0.1) is 8.07 Å². The second-order valence-corrected chi connectivity index (χ2v) is 9.83. The molecule has 0 unspecified atom stereocenters. The molecule has 0 bridgehead atoms. The number of rotatable bonds is 1. The third kappa shape index (κ3) is 2.17. The van der Waals surface area contributed by atoms with E-state index in [4.69, 9.17) is 0 Å². The van der Waals surface area contributed by atoms with Gasteiger partial charge in [0.25, 0.3) is 0 Å². The number of hydrogen-bond donors (Lipinski definition) is 0. The quantitative estimate of drug-likeness (QED) is 0.669. The first-order valence-corrected chi connectivity index (χ1v) is 8.16. The van der Waals surface area contributed by atoms with Crippen LogP contribution in [0, 0.1) is 5.82 Å². The second-order valence-electron chi connectivity index (χ2n) is 3.87. The van der Waals surface area contributed by atoms with E-state index in [1.165, 1.54) is 6.07 Å². The predicted molar refractivity (Wildman–Crippen MR) is 57.1 cm³/mol. The SMILES string of the molecule is C[Si](C)(C)c1ccc(Br)cc1F. The van der Waals surface area contributed by atoms with Crippen molar-refractivity contribution >= 4 is 29.2 Å². The minimum Gasteiger partial charge on any atom is -0.207 e. The van der Waals surface area contributed by atoms with Crippen molar-refractivity contribution in [3.05, 3.63) is 28.5 Å². The molecule has 3 heteroatoms. The van der Waals surface area contributed by atoms with Crippen molar-refractivity contribution in [2.75, 3.05) is 0 Å². The lowest BCUT2D eigenvalue weighted by Gasteiger charge is -2.17. The third-order valence-corrected chi connectivity index (χ3v) is 4.25. The van der Waals surface area contributed by atoms with Gasteiger partial charge < -0.3 is 0 Å². The van der Waals surface area contributed by atoms with Crippen LogP contribution in [-0.2, 0) is 0 Å². The first kappa shape index (κ1) is 9.93. The predicted octanol–water partition coefficient (Wildman–Crippen LogP) is 3.13. The summed E-state index contributed by atoms with van der Waals surface area (Å²) in [6, 6.07) is 5.32. The van der Waals surface area contributed by atoms with E-state index in [-0.39, 0.29) is 5.82 Å². The Labute approximate surface area is 81.9 Å². The molecule has 0 amide bonds. The summed E-state index contributed by atoms with van der Waals surface area (Å²) in [5, 5.41) is 0.894. The molecular weight excluding hydrogens is 235 g/mol. The molecule has 0 atom stereocenters. The Hall–Kier alpha value is -0.153. The summed E-state index contributed by atoms with van der Waals surface area (Å²) < 4.78 is 14.2. The normalized spacial score (nSPS) is 11.8. The van der Waals surface area contributed by atoms with Gasteiger partial charge in [-0.15, -0.1) is 0 Å². The zero-order valence-corrected chi connectivity index (χ0v) is 10.1. The van der Waals surface area contributed by atoms with E-state index in [2.05, 4.69) is 35.6 Å². The molecule has 0 aliphatic carbocycles. The van der Waals surface area contributed by atoms with Gasteiger partial charge in [-0.1, -0.05) is 41.6 Å². The summed E-state index contributed by atoms with van der Waals surface area (Å²) in [5.41, 5.74) is 0. The molecule has 0 aromatic heterocycles. The molecule has 0 N–H and O–H groups in total. The summed E-state index contributed by atoms with van der Waals surface area (Å²) in [7, 11) is -1.50. The Balaban J connectivity index is 3.19. The molecule has 66 valence electrons. The molecule has 0 fully saturated rings. The molecule has 0 heterocycles. The van der Waals surface area contributed by atoms with Gasteiger partial charge in [0.1, 0.15) is 5.82 Å². The van der Waals surface area contributed by atoms with Crippen molar-refractivity contribution in [1.29, 1.82) is 0 Å². The average molecular weight is 247 g/mol. The standard InChI is InChI=1S/C9H12BrFSi/c1-12(2,3)9-5-4-7(10)6-8(9)11/h4-6H,1-3H3. The van der Waals surface area contributed by atoms with Crippen molar-refractivity contribution in [3.8, 4) is 0 Å². The van der Waals surface area contributed by atoms with Crippen molar-refractivity contribution in [2.45, 2.75) is 19.6 Å². The first-order valence-electron chi connectivity index (χ1n) is 3.87. The lowest BCUT2D eigenvalue weighted by atomic mass is 10.3. The van der Waals surface area contributed by atoms with Crippen LogP contribution >= 0.6 is 15.9 Å². The van der Waals surface area contributed by atoms with Crippen LogP contribution in [0.5, 0.6) is 0 Å². The van der Waals surface area contributed by atoms with Crippen LogP contribution in [0.15, 0.2) is 22.7 Å². The highest BCUT2D eigenvalue weighted by molar-refractivity contribution is 9.10. The van der Waals surface area contributed by atoms with E-state index < -0.39 is 8.07 Å². The summed E-state index contributed by atoms with van der Waals surface area (Å²) in [5.74, 6) is -0.0801. The van der Waals surface area contributed by atoms with E-state index in [9.17, 15) is 4.39 Å². The summed E-state index contributed by atoms with van der Waals surface area (Å²) in [6.45, 7) is 6.41. The van der Waals surface area contributed by atoms with E-state index in [1.807, 2.05) is 12.1 Å². The molecule has 1 rings (SSSR count). The maximum Gasteiger partial charge on any atom is 0.123 e. The highest BCUT2D eigenvalue weighted by Crippen LogP contribution is 2.12.